The van der Waals surface area contributed by atoms with Crippen molar-refractivity contribution in [3.05, 3.63) is 35.3 Å². The van der Waals surface area contributed by atoms with Crippen molar-refractivity contribution in [2.75, 3.05) is 12.3 Å². The smallest absolute Gasteiger partial charge is 0.123 e. The summed E-state index contributed by atoms with van der Waals surface area (Å²) in [4.78, 5) is 6.04. The van der Waals surface area contributed by atoms with Crippen LogP contribution in [0, 0.1) is 0 Å². The van der Waals surface area contributed by atoms with Crippen LogP contribution in [0.25, 0.3) is 10.6 Å². The number of hydrogen-bond acceptors (Lipinski definition) is 4. The van der Waals surface area contributed by atoms with Gasteiger partial charge >= 0.3 is 0 Å². The van der Waals surface area contributed by atoms with Crippen LogP contribution >= 0.6 is 23.1 Å². The van der Waals surface area contributed by atoms with Gasteiger partial charge in [0.05, 0.1) is 5.69 Å². The Labute approximate surface area is 123 Å². The number of nitrogens with zero attached hydrogens (tertiary/aromatic N) is 1. The minimum atomic E-state index is -0.0489. The molecule has 0 saturated carbocycles. The van der Waals surface area contributed by atoms with Crippen LogP contribution in [0.5, 0.6) is 0 Å². The monoisotopic (exact) mass is 292 g/mol. The van der Waals surface area contributed by atoms with E-state index in [0.29, 0.717) is 6.54 Å². The molecule has 0 saturated heterocycles. The summed E-state index contributed by atoms with van der Waals surface area (Å²) in [6, 6.07) is 8.63. The van der Waals surface area contributed by atoms with E-state index in [2.05, 4.69) is 50.4 Å². The molecular weight excluding hydrogens is 272 g/mol. The Hall–Kier alpha value is -0.840. The van der Waals surface area contributed by atoms with Gasteiger partial charge in [-0.3, -0.25) is 0 Å². The van der Waals surface area contributed by atoms with Crippen LogP contribution in [0.1, 0.15) is 26.5 Å². The van der Waals surface area contributed by atoms with Gasteiger partial charge in [0, 0.05) is 27.8 Å². The molecular formula is C15H20N2S2. The van der Waals surface area contributed by atoms with E-state index in [4.69, 9.17) is 10.7 Å². The van der Waals surface area contributed by atoms with Crippen molar-refractivity contribution >= 4 is 23.1 Å². The minimum absolute atomic E-state index is 0.0489. The van der Waals surface area contributed by atoms with E-state index < -0.39 is 0 Å². The number of hydrogen-bond donors (Lipinski definition) is 1. The van der Waals surface area contributed by atoms with E-state index in [0.717, 1.165) is 16.5 Å². The first-order valence-corrected chi connectivity index (χ1v) is 8.32. The van der Waals surface area contributed by atoms with E-state index in [1.54, 1.807) is 11.3 Å². The van der Waals surface area contributed by atoms with Gasteiger partial charge in [0.25, 0.3) is 0 Å². The van der Waals surface area contributed by atoms with Gasteiger partial charge in [0.2, 0.25) is 0 Å². The van der Waals surface area contributed by atoms with Crippen LogP contribution in [0.15, 0.2) is 34.5 Å². The highest BCUT2D eigenvalue weighted by molar-refractivity contribution is 7.99. The summed E-state index contributed by atoms with van der Waals surface area (Å²) in [6.45, 7) is 7.04. The Kier molecular flexibility index (Phi) is 4.66. The Morgan fingerprint density at radius 2 is 1.95 bits per heavy atom. The molecule has 1 aromatic heterocycles. The van der Waals surface area contributed by atoms with E-state index in [1.807, 2.05) is 11.8 Å². The van der Waals surface area contributed by atoms with Crippen LogP contribution in [0.3, 0.4) is 0 Å². The van der Waals surface area contributed by atoms with E-state index in [9.17, 15) is 0 Å². The molecule has 0 fully saturated rings. The summed E-state index contributed by atoms with van der Waals surface area (Å²) in [5.41, 5.74) is 8.02. The lowest BCUT2D eigenvalue weighted by molar-refractivity contribution is 0.525. The quantitative estimate of drug-likeness (QED) is 0.841. The van der Waals surface area contributed by atoms with E-state index in [-0.39, 0.29) is 5.41 Å². The topological polar surface area (TPSA) is 38.9 Å². The molecule has 2 rings (SSSR count). The van der Waals surface area contributed by atoms with Crippen LogP contribution in [-0.2, 0) is 5.41 Å². The predicted molar refractivity (Wildman–Crippen MR) is 86.0 cm³/mol. The van der Waals surface area contributed by atoms with E-state index in [1.165, 1.54) is 10.5 Å². The Balaban J connectivity index is 2.23. The molecule has 1 heterocycles. The molecule has 0 atom stereocenters. The summed E-state index contributed by atoms with van der Waals surface area (Å²) >= 11 is 3.55. The third-order valence-electron chi connectivity index (χ3n) is 3.12. The highest BCUT2D eigenvalue weighted by Gasteiger charge is 2.22. The maximum absolute atomic E-state index is 5.80. The van der Waals surface area contributed by atoms with Gasteiger partial charge in [-0.15, -0.1) is 23.1 Å². The largest absolute Gasteiger partial charge is 0.330 e. The number of thiazole rings is 1. The lowest BCUT2D eigenvalue weighted by Gasteiger charge is -2.19. The normalized spacial score (nSPS) is 11.8. The molecule has 2 nitrogen and oxygen atoms in total. The molecule has 0 radical (unpaired) electrons. The van der Waals surface area contributed by atoms with Crippen molar-refractivity contribution in [2.24, 2.45) is 5.73 Å². The van der Waals surface area contributed by atoms with Gasteiger partial charge in [0.15, 0.2) is 0 Å². The fourth-order valence-electron chi connectivity index (χ4n) is 1.68. The van der Waals surface area contributed by atoms with Gasteiger partial charge in [-0.2, -0.15) is 0 Å². The Morgan fingerprint density at radius 3 is 2.53 bits per heavy atom. The van der Waals surface area contributed by atoms with Crippen molar-refractivity contribution in [3.8, 4) is 10.6 Å². The van der Waals surface area contributed by atoms with Crippen molar-refractivity contribution in [1.29, 1.82) is 0 Å². The molecule has 0 spiro atoms. The molecule has 0 aliphatic carbocycles. The molecule has 2 aromatic rings. The molecule has 1 aromatic carbocycles. The summed E-state index contributed by atoms with van der Waals surface area (Å²) in [5.74, 6) is 1.10. The molecule has 0 unspecified atom stereocenters. The second kappa shape index (κ2) is 6.07. The maximum atomic E-state index is 5.80. The molecule has 4 heteroatoms. The molecule has 0 aliphatic rings. The number of thioether (sulfide) groups is 1. The lowest BCUT2D eigenvalue weighted by atomic mass is 9.90. The number of aromatic nitrogens is 1. The predicted octanol–water partition coefficient (Wildman–Crippen LogP) is 4.16. The standard InChI is InChI=1S/C15H20N2S2/c1-4-18-12-7-5-11(6-8-12)14-17-13(9-19-14)15(2,3)10-16/h5-9H,4,10,16H2,1-3H3. The van der Waals surface area contributed by atoms with Gasteiger partial charge < -0.3 is 5.73 Å². The second-order valence-electron chi connectivity index (χ2n) is 5.08. The van der Waals surface area contributed by atoms with E-state index >= 15 is 0 Å². The highest BCUT2D eigenvalue weighted by Crippen LogP contribution is 2.30. The first kappa shape index (κ1) is 14.6. The third kappa shape index (κ3) is 3.38. The average molecular weight is 292 g/mol. The van der Waals surface area contributed by atoms with Crippen molar-refractivity contribution in [2.45, 2.75) is 31.1 Å². The van der Waals surface area contributed by atoms with Gasteiger partial charge in [0.1, 0.15) is 5.01 Å². The number of nitrogens with two attached hydrogens (primary N) is 1. The van der Waals surface area contributed by atoms with Crippen LogP contribution in [0.2, 0.25) is 0 Å². The second-order valence-corrected chi connectivity index (χ2v) is 7.28. The summed E-state index contributed by atoms with van der Waals surface area (Å²) in [7, 11) is 0. The molecule has 0 bridgehead atoms. The van der Waals surface area contributed by atoms with Crippen molar-refractivity contribution in [3.63, 3.8) is 0 Å². The fourth-order valence-corrected chi connectivity index (χ4v) is 3.36. The SMILES string of the molecule is CCSc1ccc(-c2nc(C(C)(C)CN)cs2)cc1. The first-order valence-electron chi connectivity index (χ1n) is 6.46. The van der Waals surface area contributed by atoms with Gasteiger partial charge in [-0.1, -0.05) is 32.9 Å². The molecule has 19 heavy (non-hydrogen) atoms. The highest BCUT2D eigenvalue weighted by atomic mass is 32.2. The maximum Gasteiger partial charge on any atom is 0.123 e. The summed E-state index contributed by atoms with van der Waals surface area (Å²) in [5, 5.41) is 3.20. The lowest BCUT2D eigenvalue weighted by Crippen LogP contribution is -2.28. The van der Waals surface area contributed by atoms with Crippen LogP contribution in [-0.4, -0.2) is 17.3 Å². The zero-order chi connectivity index (χ0) is 13.9. The summed E-state index contributed by atoms with van der Waals surface area (Å²) < 4.78 is 0. The fraction of sp³-hybridized carbons (Fsp3) is 0.400. The van der Waals surface area contributed by atoms with Crippen LogP contribution < -0.4 is 5.73 Å². The zero-order valence-corrected chi connectivity index (χ0v) is 13.3. The van der Waals surface area contributed by atoms with Gasteiger partial charge in [-0.05, 0) is 17.9 Å². The zero-order valence-electron chi connectivity index (χ0n) is 11.6. The Morgan fingerprint density at radius 1 is 1.26 bits per heavy atom. The molecule has 0 aliphatic heterocycles. The summed E-state index contributed by atoms with van der Waals surface area (Å²) in [6.07, 6.45) is 0. The third-order valence-corrected chi connectivity index (χ3v) is 4.91. The molecule has 102 valence electrons. The van der Waals surface area contributed by atoms with Crippen LogP contribution in [0.4, 0.5) is 0 Å². The molecule has 2 N–H and O–H groups in total. The van der Waals surface area contributed by atoms with Crippen molar-refractivity contribution < 1.29 is 0 Å². The molecule has 0 amide bonds. The average Bonchev–Trinajstić information content (AvgIpc) is 2.90. The van der Waals surface area contributed by atoms with Gasteiger partial charge in [-0.25, -0.2) is 4.98 Å². The number of benzene rings is 1. The minimum Gasteiger partial charge on any atom is -0.330 e. The van der Waals surface area contributed by atoms with Crippen molar-refractivity contribution in [1.82, 2.24) is 4.98 Å². The first-order chi connectivity index (χ1) is 9.06. The Bertz CT molecular complexity index is 529. The number of rotatable bonds is 5.